The predicted molar refractivity (Wildman–Crippen MR) is 69.3 cm³/mol. The second-order valence-corrected chi connectivity index (χ2v) is 8.28. The number of hydrogen-bond donors (Lipinski definition) is 1. The van der Waals surface area contributed by atoms with Crippen molar-refractivity contribution in [3.8, 4) is 0 Å². The zero-order chi connectivity index (χ0) is 10.6. The highest BCUT2D eigenvalue weighted by molar-refractivity contribution is 8.00. The summed E-state index contributed by atoms with van der Waals surface area (Å²) in [6, 6.07) is 0. The summed E-state index contributed by atoms with van der Waals surface area (Å²) in [6.07, 6.45) is 2.72. The zero-order valence-corrected chi connectivity index (χ0v) is 11.4. The van der Waals surface area contributed by atoms with Crippen LogP contribution in [-0.4, -0.2) is 15.7 Å². The fourth-order valence-corrected chi connectivity index (χ4v) is 4.97. The summed E-state index contributed by atoms with van der Waals surface area (Å²) in [5.74, 6) is 3.18. The van der Waals surface area contributed by atoms with E-state index in [1.807, 2.05) is 0 Å². The smallest absolute Gasteiger partial charge is 0.0223 e. The van der Waals surface area contributed by atoms with Crippen molar-refractivity contribution >= 4 is 24.4 Å². The molecule has 14 heavy (non-hydrogen) atoms. The molecule has 0 amide bonds. The van der Waals surface area contributed by atoms with Gasteiger partial charge in [-0.3, -0.25) is 0 Å². The molecule has 2 rings (SSSR count). The summed E-state index contributed by atoms with van der Waals surface area (Å²) in [7, 11) is 0. The van der Waals surface area contributed by atoms with Crippen LogP contribution < -0.4 is 0 Å². The molecule has 4 atom stereocenters. The third kappa shape index (κ3) is 1.63. The molecule has 0 N–H and O–H groups in total. The van der Waals surface area contributed by atoms with Gasteiger partial charge in [-0.05, 0) is 42.8 Å². The summed E-state index contributed by atoms with van der Waals surface area (Å²) >= 11 is 7.00. The summed E-state index contributed by atoms with van der Waals surface area (Å²) in [5, 5.41) is 0.777. The van der Waals surface area contributed by atoms with Gasteiger partial charge in [0.25, 0.3) is 0 Å². The largest absolute Gasteiger partial charge is 0.172 e. The van der Waals surface area contributed by atoms with E-state index < -0.39 is 0 Å². The standard InChI is InChI=1S/C12H22S2/c1-5-14-10-6-8-9(11(8,2)3)7-12(10,4)13/h8-10,13H,5-7H2,1-4H3/t8-,9+,10+,12+/m1/s1. The average Bonchev–Trinajstić information content (AvgIpc) is 2.54. The molecule has 0 radical (unpaired) electrons. The van der Waals surface area contributed by atoms with Crippen molar-refractivity contribution in [1.82, 2.24) is 0 Å². The minimum Gasteiger partial charge on any atom is -0.172 e. The first-order chi connectivity index (χ1) is 6.39. The normalized spacial score (nSPS) is 49.9. The quantitative estimate of drug-likeness (QED) is 0.703. The van der Waals surface area contributed by atoms with Crippen molar-refractivity contribution in [3.05, 3.63) is 0 Å². The van der Waals surface area contributed by atoms with Crippen molar-refractivity contribution in [3.63, 3.8) is 0 Å². The monoisotopic (exact) mass is 230 g/mol. The molecule has 0 spiro atoms. The van der Waals surface area contributed by atoms with Crippen LogP contribution in [0.3, 0.4) is 0 Å². The molecule has 0 nitrogen and oxygen atoms in total. The highest BCUT2D eigenvalue weighted by Gasteiger charge is 2.63. The summed E-state index contributed by atoms with van der Waals surface area (Å²) in [4.78, 5) is 0. The van der Waals surface area contributed by atoms with Crippen LogP contribution in [0, 0.1) is 17.3 Å². The van der Waals surface area contributed by atoms with Crippen molar-refractivity contribution in [2.24, 2.45) is 17.3 Å². The second kappa shape index (κ2) is 3.35. The van der Waals surface area contributed by atoms with E-state index in [1.54, 1.807) is 0 Å². The Bertz CT molecular complexity index is 232. The molecular weight excluding hydrogens is 208 g/mol. The summed E-state index contributed by atoms with van der Waals surface area (Å²) in [5.41, 5.74) is 0.618. The number of thiol groups is 1. The lowest BCUT2D eigenvalue weighted by molar-refractivity contribution is 0.417. The van der Waals surface area contributed by atoms with Crippen LogP contribution in [0.1, 0.15) is 40.5 Å². The van der Waals surface area contributed by atoms with Crippen LogP contribution in [0.25, 0.3) is 0 Å². The van der Waals surface area contributed by atoms with Crippen LogP contribution in [0.4, 0.5) is 0 Å². The maximum Gasteiger partial charge on any atom is 0.0223 e. The van der Waals surface area contributed by atoms with E-state index in [9.17, 15) is 0 Å². The molecule has 0 aliphatic heterocycles. The van der Waals surface area contributed by atoms with E-state index in [1.165, 1.54) is 18.6 Å². The number of thioether (sulfide) groups is 1. The van der Waals surface area contributed by atoms with Gasteiger partial charge >= 0.3 is 0 Å². The van der Waals surface area contributed by atoms with Gasteiger partial charge in [0.05, 0.1) is 0 Å². The lowest BCUT2D eigenvalue weighted by Gasteiger charge is -2.36. The van der Waals surface area contributed by atoms with Gasteiger partial charge in [0.1, 0.15) is 0 Å². The van der Waals surface area contributed by atoms with Crippen molar-refractivity contribution in [1.29, 1.82) is 0 Å². The predicted octanol–water partition coefficient (Wildman–Crippen LogP) is 3.86. The Hall–Kier alpha value is 0.700. The minimum absolute atomic E-state index is 0.273. The van der Waals surface area contributed by atoms with Gasteiger partial charge in [-0.25, -0.2) is 0 Å². The third-order valence-corrected chi connectivity index (χ3v) is 6.57. The van der Waals surface area contributed by atoms with Crippen LogP contribution in [0.5, 0.6) is 0 Å². The Morgan fingerprint density at radius 2 is 1.93 bits per heavy atom. The molecule has 2 aliphatic carbocycles. The molecular formula is C12H22S2. The zero-order valence-electron chi connectivity index (χ0n) is 9.71. The van der Waals surface area contributed by atoms with Gasteiger partial charge in [0.15, 0.2) is 0 Å². The first-order valence-corrected chi connectivity index (χ1v) is 7.23. The van der Waals surface area contributed by atoms with Crippen molar-refractivity contribution in [2.75, 3.05) is 5.75 Å². The third-order valence-electron chi connectivity index (χ3n) is 4.45. The second-order valence-electron chi connectivity index (χ2n) is 5.78. The van der Waals surface area contributed by atoms with Gasteiger partial charge in [-0.1, -0.05) is 20.8 Å². The van der Waals surface area contributed by atoms with Gasteiger partial charge in [-0.2, -0.15) is 24.4 Å². The van der Waals surface area contributed by atoms with Crippen LogP contribution in [0.15, 0.2) is 0 Å². The first-order valence-electron chi connectivity index (χ1n) is 5.73. The van der Waals surface area contributed by atoms with Crippen LogP contribution >= 0.6 is 24.4 Å². The molecule has 0 aromatic carbocycles. The number of fused-ring (bicyclic) bond motifs is 1. The Labute approximate surface area is 98.0 Å². The summed E-state index contributed by atoms with van der Waals surface area (Å²) < 4.78 is 0.273. The molecule has 2 heteroatoms. The molecule has 82 valence electrons. The highest BCUT2D eigenvalue weighted by atomic mass is 32.2. The summed E-state index contributed by atoms with van der Waals surface area (Å²) in [6.45, 7) is 9.48. The van der Waals surface area contributed by atoms with Gasteiger partial charge in [-0.15, -0.1) is 0 Å². The minimum atomic E-state index is 0.273. The molecule has 0 saturated heterocycles. The lowest BCUT2D eigenvalue weighted by Crippen LogP contribution is -2.36. The molecule has 0 bridgehead atoms. The fraction of sp³-hybridized carbons (Fsp3) is 1.00. The van der Waals surface area contributed by atoms with Crippen molar-refractivity contribution < 1.29 is 0 Å². The molecule has 2 fully saturated rings. The number of hydrogen-bond acceptors (Lipinski definition) is 2. The van der Waals surface area contributed by atoms with Crippen LogP contribution in [0.2, 0.25) is 0 Å². The van der Waals surface area contributed by atoms with Gasteiger partial charge in [0.2, 0.25) is 0 Å². The topological polar surface area (TPSA) is 0 Å². The molecule has 2 saturated carbocycles. The molecule has 0 aromatic heterocycles. The van der Waals surface area contributed by atoms with E-state index in [2.05, 4.69) is 39.5 Å². The molecule has 0 heterocycles. The Morgan fingerprint density at radius 1 is 1.29 bits per heavy atom. The average molecular weight is 230 g/mol. The number of rotatable bonds is 2. The SMILES string of the molecule is CCS[C@H]1C[C@@H]2[C@H](C[C@]1(C)S)C2(C)C. The first kappa shape index (κ1) is 11.2. The van der Waals surface area contributed by atoms with E-state index in [4.69, 9.17) is 12.6 Å². The van der Waals surface area contributed by atoms with E-state index in [0.717, 1.165) is 17.1 Å². The van der Waals surface area contributed by atoms with E-state index in [-0.39, 0.29) is 4.75 Å². The fourth-order valence-electron chi connectivity index (χ4n) is 3.24. The molecule has 0 unspecified atom stereocenters. The Kier molecular flexibility index (Phi) is 2.67. The van der Waals surface area contributed by atoms with Crippen molar-refractivity contribution in [2.45, 2.75) is 50.5 Å². The molecule has 0 aromatic rings. The Morgan fingerprint density at radius 3 is 2.50 bits per heavy atom. The van der Waals surface area contributed by atoms with Crippen LogP contribution in [-0.2, 0) is 0 Å². The maximum absolute atomic E-state index is 4.89. The Balaban J connectivity index is 2.07. The highest BCUT2D eigenvalue weighted by Crippen LogP contribution is 2.68. The lowest BCUT2D eigenvalue weighted by atomic mass is 9.89. The van der Waals surface area contributed by atoms with E-state index in [0.29, 0.717) is 5.41 Å². The molecule has 2 aliphatic rings. The van der Waals surface area contributed by atoms with Gasteiger partial charge in [0, 0.05) is 10.00 Å². The maximum atomic E-state index is 4.89. The van der Waals surface area contributed by atoms with E-state index >= 15 is 0 Å². The van der Waals surface area contributed by atoms with Gasteiger partial charge < -0.3 is 0 Å².